The molecule has 0 fully saturated rings. The van der Waals surface area contributed by atoms with Gasteiger partial charge in [0.15, 0.2) is 0 Å². The van der Waals surface area contributed by atoms with Crippen LogP contribution in [0.2, 0.25) is 0 Å². The Bertz CT molecular complexity index is 7.07. The summed E-state index contributed by atoms with van der Waals surface area (Å²) < 4.78 is 0. The van der Waals surface area contributed by atoms with E-state index in [1.165, 1.54) is 0 Å². The van der Waals surface area contributed by atoms with Crippen molar-refractivity contribution in [2.24, 2.45) is 0 Å². The molecule has 1 radical (unpaired) electrons. The van der Waals surface area contributed by atoms with E-state index in [1.54, 1.807) is 0 Å². The second-order valence-electron chi connectivity index (χ2n) is 0. The Balaban J connectivity index is 0. The van der Waals surface area contributed by atoms with Crippen LogP contribution in [-0.4, -0.2) is 0 Å². The third-order valence-corrected chi connectivity index (χ3v) is 0. The van der Waals surface area contributed by atoms with Gasteiger partial charge in [0.05, 0.1) is 0 Å². The Labute approximate surface area is 664 Å². The molecule has 0 bridgehead atoms. The van der Waals surface area contributed by atoms with E-state index in [9.17, 15) is 0 Å². The molecule has 0 saturated heterocycles. The second-order valence-corrected chi connectivity index (χ2v) is 0. The van der Waals surface area contributed by atoms with Gasteiger partial charge in [0.1, 0.15) is 0 Å². The number of hydrogen-bond donors (Lipinski definition) is 0. The third kappa shape index (κ3) is 880. The fourth-order valence-electron chi connectivity index (χ4n) is 0. The Kier molecular flexibility index (Phi) is 17700. The molecule has 0 nitrogen and oxygen atoms in total. The van der Waals surface area contributed by atoms with Crippen molar-refractivity contribution in [2.45, 2.75) is 0 Å². The molecule has 0 saturated carbocycles. The van der Waals surface area contributed by atoms with Crippen LogP contribution in [0.3, 0.4) is 0 Å². The fraction of sp³-hybridized carbons (Fsp3) is 0. The predicted octanol–water partition coefficient (Wildman–Crippen LogP) is -0.120. The van der Waals surface area contributed by atoms with Gasteiger partial charge >= 0.3 is 17.1 Å². The van der Waals surface area contributed by atoms with Crippen molar-refractivity contribution in [1.29, 1.82) is 0 Å². The molecule has 0 aromatic carbocycles. The molecule has 0 heterocycles. The minimum Gasteiger partial charge on any atom is -2.00 e. The largest absolute Gasteiger partial charge is 2.00 e. The fourth-order valence-corrected chi connectivity index (χ4v) is 0. The van der Waals surface area contributed by atoms with Crippen molar-refractivity contribution < 1.29 is 17.1 Å². The maximum atomic E-state index is 0. The van der Waals surface area contributed by atoms with E-state index in [1.807, 2.05) is 0 Å². The molecule has 0 N–H and O–H groups in total. The van der Waals surface area contributed by atoms with Crippen LogP contribution in [0.25, 0.3) is 0 Å². The topological polar surface area (TPSA) is 0 Å². The van der Waals surface area contributed by atoms with Crippen LogP contribution >= 0.6 is 0 Å². The van der Waals surface area contributed by atoms with Gasteiger partial charge in [0, 0.05) is 0 Å². The number of hydrogen-bond acceptors (Lipinski definition) is 0. The molecule has 50 heavy (non-hydrogen) atoms. The Morgan fingerprint density at radius 1 is 0.0400 bits per heavy atom. The Morgan fingerprint density at radius 3 is 0.0400 bits per heavy atom. The zero-order chi connectivity index (χ0) is 0. The zero-order valence-corrected chi connectivity index (χ0v) is 61.3. The van der Waals surface area contributed by atoms with Crippen LogP contribution in [0.5, 0.6) is 0 Å². The Morgan fingerprint density at radius 2 is 0.0400 bits per heavy atom. The van der Waals surface area contributed by atoms with E-state index in [0.717, 1.165) is 0 Å². The summed E-state index contributed by atoms with van der Waals surface area (Å²) in [4.78, 5) is 0. The molecule has 0 spiro atoms. The molecule has 0 unspecified atom stereocenters. The molecule has 50 heteroatoms. The molecule has 0 aromatic rings. The van der Waals surface area contributed by atoms with Crippen molar-refractivity contribution in [1.82, 2.24) is 0 Å². The average Bonchev–Trinajstić information content (AvgIpc) is 0. The SMILES string of the molecule is [Cu+2].[S-2].[S-2].[S-2].[S-2].[S-2].[S-2].[S-2].[S-2].[S-2].[S-2].[S-2].[S-2].[S-2].[S-2].[S-2].[S-2].[S-2].[S-2].[S-2].[S-2].[S-2].[S-2].[S-2].[S-2].[S-2].[S-2].[S-2].[S-2].[S-2].[S-2].[S-2].[S-2].[S-2].[S-2].[S-2].[S-2].[S-2].[S-2].[S-2].[S-2].[S-2].[S-2].[S-2].[S-2].[S-2].[S-2].[S-2].[S-2].[S-2]. The summed E-state index contributed by atoms with van der Waals surface area (Å²) in [7, 11) is 0. The molecule has 0 aliphatic heterocycles. The first-order chi connectivity index (χ1) is 0. The van der Waals surface area contributed by atoms with E-state index < -0.39 is 0 Å². The molecule has 0 atom stereocenters. The van der Waals surface area contributed by atoms with Gasteiger partial charge in [-0.05, 0) is 0 Å². The number of rotatable bonds is 0. The molecule has 0 rings (SSSR count). The summed E-state index contributed by atoms with van der Waals surface area (Å²) in [6.45, 7) is 0. The van der Waals surface area contributed by atoms with E-state index in [4.69, 9.17) is 0 Å². The van der Waals surface area contributed by atoms with Gasteiger partial charge in [-0.3, -0.25) is 0 Å². The summed E-state index contributed by atoms with van der Waals surface area (Å²) in [6, 6.07) is 0. The van der Waals surface area contributed by atoms with Crippen molar-refractivity contribution in [3.8, 4) is 0 Å². The molecule has 0 aromatic heterocycles. The predicted molar refractivity (Wildman–Crippen MR) is 361 cm³/mol. The van der Waals surface area contributed by atoms with E-state index >= 15 is 0 Å². The van der Waals surface area contributed by atoms with Crippen LogP contribution in [0.15, 0.2) is 0 Å². The first-order valence-corrected chi connectivity index (χ1v) is 0. The van der Waals surface area contributed by atoms with Gasteiger partial charge in [0.25, 0.3) is 0 Å². The van der Waals surface area contributed by atoms with Crippen LogP contribution < -0.4 is 0 Å². The van der Waals surface area contributed by atoms with Crippen molar-refractivity contribution in [2.75, 3.05) is 0 Å². The quantitative estimate of drug-likeness (QED) is 0.298. The summed E-state index contributed by atoms with van der Waals surface area (Å²) in [5, 5.41) is 0. The summed E-state index contributed by atoms with van der Waals surface area (Å²) in [6.07, 6.45) is 0. The standard InChI is InChI=1S/Cu.49S/q+2;49*-2. The second kappa shape index (κ2) is 921. The first-order valence-electron chi connectivity index (χ1n) is 0. The van der Waals surface area contributed by atoms with Gasteiger partial charge in [-0.2, -0.15) is 0 Å². The van der Waals surface area contributed by atoms with Gasteiger partial charge < -0.3 is 661 Å². The third-order valence-electron chi connectivity index (χ3n) is 0. The normalized spacial score (nSPS) is 0. The van der Waals surface area contributed by atoms with Crippen molar-refractivity contribution >= 4 is 661 Å². The molecule has 0 aliphatic rings. The van der Waals surface area contributed by atoms with Crippen LogP contribution in [-0.2, 0) is 678 Å². The van der Waals surface area contributed by atoms with E-state index in [2.05, 4.69) is 0 Å². The summed E-state index contributed by atoms with van der Waals surface area (Å²) in [5.41, 5.74) is 0. The van der Waals surface area contributed by atoms with Gasteiger partial charge in [-0.1, -0.05) is 0 Å². The van der Waals surface area contributed by atoms with E-state index in [0.29, 0.717) is 0 Å². The van der Waals surface area contributed by atoms with Crippen LogP contribution in [0, 0.1) is 0 Å². The van der Waals surface area contributed by atoms with Crippen LogP contribution in [0.1, 0.15) is 0 Å². The van der Waals surface area contributed by atoms with Gasteiger partial charge in [0.2, 0.25) is 0 Å². The average molecular weight is 1630 g/mol. The van der Waals surface area contributed by atoms with Crippen LogP contribution in [0.4, 0.5) is 0 Å². The molecular formula is CuS49-96. The minimum atomic E-state index is 0. The van der Waals surface area contributed by atoms with Crippen molar-refractivity contribution in [3.05, 3.63) is 0 Å². The van der Waals surface area contributed by atoms with Crippen molar-refractivity contribution in [3.63, 3.8) is 0 Å². The summed E-state index contributed by atoms with van der Waals surface area (Å²) >= 11 is 0. The maximum Gasteiger partial charge on any atom is 2.00 e. The van der Waals surface area contributed by atoms with Gasteiger partial charge in [-0.15, -0.1) is 0 Å². The molecular weight excluding hydrogens is 1630 g/mol. The minimum absolute atomic E-state index is 0. The monoisotopic (exact) mass is 1630 g/mol. The van der Waals surface area contributed by atoms with E-state index in [-0.39, 0.29) is 678 Å². The molecule has 0 aliphatic carbocycles. The maximum absolute atomic E-state index is 0. The first kappa shape index (κ1) is 963. The molecule has 401 valence electrons. The zero-order valence-electron chi connectivity index (χ0n) is 20.3. The van der Waals surface area contributed by atoms with Gasteiger partial charge in [-0.25, -0.2) is 0 Å². The molecule has 0 amide bonds. The summed E-state index contributed by atoms with van der Waals surface area (Å²) in [5.74, 6) is 0. The Hall–Kier alpha value is 17.7. The smallest absolute Gasteiger partial charge is 2.00 e.